The summed E-state index contributed by atoms with van der Waals surface area (Å²) in [6.45, 7) is 3.94. The van der Waals surface area contributed by atoms with E-state index in [9.17, 15) is 4.39 Å². The molecule has 0 saturated carbocycles. The number of nitrogens with two attached hydrogens (primary N) is 1. The smallest absolute Gasteiger partial charge is 0.123 e. The van der Waals surface area contributed by atoms with Crippen molar-refractivity contribution in [1.29, 1.82) is 0 Å². The molecule has 0 amide bonds. The molecule has 0 fully saturated rings. The maximum atomic E-state index is 13.4. The van der Waals surface area contributed by atoms with Gasteiger partial charge in [0.15, 0.2) is 0 Å². The van der Waals surface area contributed by atoms with Gasteiger partial charge >= 0.3 is 0 Å². The van der Waals surface area contributed by atoms with Gasteiger partial charge in [0.05, 0.1) is 16.6 Å². The van der Waals surface area contributed by atoms with Crippen LogP contribution in [0.4, 0.5) is 4.39 Å². The third-order valence-corrected chi connectivity index (χ3v) is 3.63. The molecule has 96 valence electrons. The lowest BCUT2D eigenvalue weighted by atomic mass is 10.0. The van der Waals surface area contributed by atoms with Crippen LogP contribution in [-0.4, -0.2) is 9.59 Å². The van der Waals surface area contributed by atoms with E-state index in [0.29, 0.717) is 0 Å². The molecular weight excluding hydrogens is 249 g/mol. The van der Waals surface area contributed by atoms with E-state index in [1.54, 1.807) is 0 Å². The van der Waals surface area contributed by atoms with E-state index in [1.807, 2.05) is 13.0 Å². The highest BCUT2D eigenvalue weighted by molar-refractivity contribution is 7.05. The summed E-state index contributed by atoms with van der Waals surface area (Å²) in [6.07, 6.45) is 1.85. The molecule has 3 nitrogen and oxygen atoms in total. The number of hydrogen-bond donors (Lipinski definition) is 1. The van der Waals surface area contributed by atoms with Gasteiger partial charge in [0.25, 0.3) is 0 Å². The number of aromatic nitrogens is 2. The fourth-order valence-electron chi connectivity index (χ4n) is 1.96. The second-order valence-corrected chi connectivity index (χ2v) is 5.16. The summed E-state index contributed by atoms with van der Waals surface area (Å²) in [4.78, 5) is 0.932. The average molecular weight is 265 g/mol. The Morgan fingerprint density at radius 1 is 1.39 bits per heavy atom. The minimum atomic E-state index is -0.346. The highest BCUT2D eigenvalue weighted by Crippen LogP contribution is 2.26. The molecule has 0 aliphatic rings. The number of hydrogen-bond acceptors (Lipinski definition) is 4. The Bertz CT molecular complexity index is 519. The van der Waals surface area contributed by atoms with E-state index in [4.69, 9.17) is 5.73 Å². The van der Waals surface area contributed by atoms with Gasteiger partial charge in [-0.3, -0.25) is 0 Å². The minimum absolute atomic E-state index is 0.255. The number of benzene rings is 1. The quantitative estimate of drug-likeness (QED) is 0.924. The normalized spacial score (nSPS) is 12.7. The molecule has 1 aromatic heterocycles. The van der Waals surface area contributed by atoms with E-state index >= 15 is 0 Å². The maximum absolute atomic E-state index is 13.4. The number of nitrogens with zero attached hydrogens (tertiary/aromatic N) is 2. The van der Waals surface area contributed by atoms with Crippen molar-refractivity contribution in [3.8, 4) is 0 Å². The molecule has 2 rings (SSSR count). The van der Waals surface area contributed by atoms with Gasteiger partial charge in [-0.1, -0.05) is 23.9 Å². The van der Waals surface area contributed by atoms with E-state index in [0.717, 1.165) is 34.5 Å². The molecule has 1 unspecified atom stereocenters. The van der Waals surface area contributed by atoms with Crippen LogP contribution in [-0.2, 0) is 6.42 Å². The third kappa shape index (κ3) is 2.73. The third-order valence-electron chi connectivity index (χ3n) is 2.78. The lowest BCUT2D eigenvalue weighted by Crippen LogP contribution is -2.13. The summed E-state index contributed by atoms with van der Waals surface area (Å²) < 4.78 is 17.3. The van der Waals surface area contributed by atoms with Crippen LogP contribution < -0.4 is 5.73 Å². The summed E-state index contributed by atoms with van der Waals surface area (Å²) >= 11 is 1.30. The first-order valence-corrected chi connectivity index (χ1v) is 6.73. The van der Waals surface area contributed by atoms with Crippen molar-refractivity contribution in [3.63, 3.8) is 0 Å². The number of aryl methyl sites for hydroxylation is 2. The van der Waals surface area contributed by atoms with Gasteiger partial charge < -0.3 is 5.73 Å². The molecule has 0 saturated heterocycles. The molecule has 1 aromatic carbocycles. The van der Waals surface area contributed by atoms with Crippen LogP contribution in [0.2, 0.25) is 0 Å². The molecule has 0 radical (unpaired) electrons. The van der Waals surface area contributed by atoms with E-state index in [2.05, 4.69) is 16.5 Å². The lowest BCUT2D eigenvalue weighted by molar-refractivity contribution is 0.622. The largest absolute Gasteiger partial charge is 0.319 e. The molecule has 1 heterocycles. The topological polar surface area (TPSA) is 51.8 Å². The second kappa shape index (κ2) is 5.54. The van der Waals surface area contributed by atoms with Crippen LogP contribution in [0.3, 0.4) is 0 Å². The van der Waals surface area contributed by atoms with Gasteiger partial charge in [0.2, 0.25) is 0 Å². The van der Waals surface area contributed by atoms with Crippen molar-refractivity contribution >= 4 is 11.5 Å². The van der Waals surface area contributed by atoms with Crippen LogP contribution in [0.15, 0.2) is 18.2 Å². The van der Waals surface area contributed by atoms with E-state index in [1.165, 1.54) is 23.7 Å². The molecule has 0 aliphatic heterocycles. The van der Waals surface area contributed by atoms with Crippen LogP contribution in [0.1, 0.15) is 41.1 Å². The Kier molecular flexibility index (Phi) is 4.04. The van der Waals surface area contributed by atoms with Crippen molar-refractivity contribution in [2.75, 3.05) is 0 Å². The Balaban J connectivity index is 2.34. The molecule has 0 spiro atoms. The van der Waals surface area contributed by atoms with Gasteiger partial charge in [0, 0.05) is 0 Å². The Labute approximate surface area is 110 Å². The van der Waals surface area contributed by atoms with Crippen LogP contribution in [0, 0.1) is 12.7 Å². The predicted octanol–water partition coefficient (Wildman–Crippen LogP) is 2.99. The van der Waals surface area contributed by atoms with Crippen molar-refractivity contribution in [1.82, 2.24) is 9.59 Å². The van der Waals surface area contributed by atoms with Crippen LogP contribution in [0.5, 0.6) is 0 Å². The fraction of sp³-hybridized carbons (Fsp3) is 0.385. The number of halogens is 1. The summed E-state index contributed by atoms with van der Waals surface area (Å²) in [7, 11) is 0. The molecular formula is C13H16FN3S. The predicted molar refractivity (Wildman–Crippen MR) is 71.1 cm³/mol. The van der Waals surface area contributed by atoms with Crippen LogP contribution in [0.25, 0.3) is 0 Å². The standard InChI is InChI=1S/C13H16FN3S/c1-3-4-11-13(18-17-16-11)12(15)9-5-8(2)6-10(14)7-9/h5-7,12H,3-4,15H2,1-2H3. The number of rotatable bonds is 4. The van der Waals surface area contributed by atoms with Crippen LogP contribution >= 0.6 is 11.5 Å². The monoisotopic (exact) mass is 265 g/mol. The highest BCUT2D eigenvalue weighted by Gasteiger charge is 2.17. The first-order valence-electron chi connectivity index (χ1n) is 5.95. The van der Waals surface area contributed by atoms with E-state index < -0.39 is 0 Å². The Morgan fingerprint density at radius 3 is 2.83 bits per heavy atom. The zero-order chi connectivity index (χ0) is 13.1. The zero-order valence-electron chi connectivity index (χ0n) is 10.5. The lowest BCUT2D eigenvalue weighted by Gasteiger charge is -2.12. The van der Waals surface area contributed by atoms with Crippen molar-refractivity contribution in [2.45, 2.75) is 32.7 Å². The summed E-state index contributed by atoms with van der Waals surface area (Å²) in [5.74, 6) is -0.255. The Hall–Kier alpha value is -1.33. The van der Waals surface area contributed by atoms with Gasteiger partial charge in [-0.25, -0.2) is 4.39 Å². The van der Waals surface area contributed by atoms with Crippen molar-refractivity contribution in [3.05, 3.63) is 45.7 Å². The van der Waals surface area contributed by atoms with Gasteiger partial charge in [0.1, 0.15) is 5.82 Å². The molecule has 0 aliphatic carbocycles. The average Bonchev–Trinajstić information content (AvgIpc) is 2.75. The summed E-state index contributed by atoms with van der Waals surface area (Å²) in [5, 5.41) is 4.09. The van der Waals surface area contributed by atoms with Gasteiger partial charge in [-0.15, -0.1) is 5.10 Å². The molecule has 5 heteroatoms. The molecule has 2 N–H and O–H groups in total. The maximum Gasteiger partial charge on any atom is 0.123 e. The molecule has 1 atom stereocenters. The molecule has 18 heavy (non-hydrogen) atoms. The molecule has 2 aromatic rings. The van der Waals surface area contributed by atoms with E-state index in [-0.39, 0.29) is 11.9 Å². The first kappa shape index (κ1) is 13.1. The zero-order valence-corrected chi connectivity index (χ0v) is 11.3. The first-order chi connectivity index (χ1) is 8.61. The van der Waals surface area contributed by atoms with Crippen molar-refractivity contribution < 1.29 is 4.39 Å². The van der Waals surface area contributed by atoms with Gasteiger partial charge in [-0.2, -0.15) is 0 Å². The minimum Gasteiger partial charge on any atom is -0.319 e. The SMILES string of the molecule is CCCc1nnsc1C(N)c1cc(C)cc(F)c1. The fourth-order valence-corrected chi connectivity index (χ4v) is 2.68. The van der Waals surface area contributed by atoms with Crippen molar-refractivity contribution in [2.24, 2.45) is 5.73 Å². The molecule has 0 bridgehead atoms. The summed E-state index contributed by atoms with van der Waals surface area (Å²) in [6, 6.07) is 4.53. The Morgan fingerprint density at radius 2 is 2.17 bits per heavy atom. The highest BCUT2D eigenvalue weighted by atomic mass is 32.1. The second-order valence-electron chi connectivity index (χ2n) is 4.37. The van der Waals surface area contributed by atoms with Gasteiger partial charge in [-0.05, 0) is 48.1 Å². The summed E-state index contributed by atoms with van der Waals surface area (Å²) in [5.41, 5.74) is 8.77.